The van der Waals surface area contributed by atoms with Gasteiger partial charge in [0.2, 0.25) is 0 Å². The molecule has 0 rings (SSSR count). The average Bonchev–Trinajstić information content (AvgIpc) is 1.88. The monoisotopic (exact) mass is 181 g/mol. The largest absolute Gasteiger partial charge is 0.481 e. The van der Waals surface area contributed by atoms with Crippen LogP contribution in [0.2, 0.25) is 0 Å². The van der Waals surface area contributed by atoms with Gasteiger partial charge in [-0.15, -0.1) is 6.58 Å². The molecule has 66 valence electrons. The van der Waals surface area contributed by atoms with Crippen molar-refractivity contribution in [3.8, 4) is 0 Å². The Morgan fingerprint density at radius 3 is 1.82 bits per heavy atom. The van der Waals surface area contributed by atoms with Crippen molar-refractivity contribution >= 4 is 17.5 Å². The summed E-state index contributed by atoms with van der Waals surface area (Å²) >= 11 is -0.750. The molecular weight excluding hydrogens is 170 g/mol. The molecule has 0 amide bonds. The van der Waals surface area contributed by atoms with Crippen molar-refractivity contribution < 1.29 is 18.3 Å². The lowest BCUT2D eigenvalue weighted by Gasteiger charge is -1.61. The second kappa shape index (κ2) is 23.0. The summed E-state index contributed by atoms with van der Waals surface area (Å²) in [5.74, 6) is -0.833. The van der Waals surface area contributed by atoms with E-state index in [1.54, 1.807) is 6.08 Å². The highest BCUT2D eigenvalue weighted by Crippen LogP contribution is 1.42. The molecular formula is C5H11NO4S. The van der Waals surface area contributed by atoms with Gasteiger partial charge in [-0.05, 0) is 0 Å². The van der Waals surface area contributed by atoms with Crippen LogP contribution in [0.15, 0.2) is 12.7 Å². The zero-order valence-corrected chi connectivity index (χ0v) is 6.97. The molecule has 0 bridgehead atoms. The summed E-state index contributed by atoms with van der Waals surface area (Å²) in [4.78, 5) is 9.00. The zero-order chi connectivity index (χ0) is 9.70. The Hall–Kier alpha value is -1.01. The SMILES string of the molecule is C=CCN.CC(=O)O.O=S=O. The molecule has 0 saturated carbocycles. The van der Waals surface area contributed by atoms with Gasteiger partial charge in [0.1, 0.15) is 0 Å². The molecule has 0 spiro atoms. The van der Waals surface area contributed by atoms with Crippen LogP contribution in [0.4, 0.5) is 0 Å². The maximum absolute atomic E-state index is 9.00. The Labute approximate surface area is 68.5 Å². The average molecular weight is 181 g/mol. The van der Waals surface area contributed by atoms with E-state index in [4.69, 9.17) is 24.1 Å². The zero-order valence-electron chi connectivity index (χ0n) is 6.15. The van der Waals surface area contributed by atoms with Crippen molar-refractivity contribution in [3.63, 3.8) is 0 Å². The Morgan fingerprint density at radius 2 is 1.82 bits per heavy atom. The normalized spacial score (nSPS) is 5.64. The third kappa shape index (κ3) is 4390000. The van der Waals surface area contributed by atoms with Crippen LogP contribution in [0.1, 0.15) is 6.92 Å². The quantitative estimate of drug-likeness (QED) is 0.534. The summed E-state index contributed by atoms with van der Waals surface area (Å²) < 4.78 is 16.6. The van der Waals surface area contributed by atoms with Crippen LogP contribution in [-0.2, 0) is 16.4 Å². The molecule has 3 N–H and O–H groups in total. The fourth-order valence-corrected chi connectivity index (χ4v) is 0. The molecule has 5 nitrogen and oxygen atoms in total. The first-order valence-electron chi connectivity index (χ1n) is 2.49. The molecule has 11 heavy (non-hydrogen) atoms. The van der Waals surface area contributed by atoms with Crippen LogP contribution in [0.5, 0.6) is 0 Å². The first-order valence-corrected chi connectivity index (χ1v) is 3.15. The van der Waals surface area contributed by atoms with Crippen LogP contribution in [-0.4, -0.2) is 26.0 Å². The van der Waals surface area contributed by atoms with E-state index in [0.717, 1.165) is 6.92 Å². The number of aliphatic carboxylic acids is 1. The smallest absolute Gasteiger partial charge is 0.335 e. The van der Waals surface area contributed by atoms with Gasteiger partial charge in [0.15, 0.2) is 0 Å². The number of carboxylic acid groups (broad SMARTS) is 1. The van der Waals surface area contributed by atoms with Crippen molar-refractivity contribution in [2.24, 2.45) is 5.73 Å². The minimum absolute atomic E-state index is 0.583. The Bertz CT molecular complexity index is 126. The summed E-state index contributed by atoms with van der Waals surface area (Å²) in [7, 11) is 0. The second-order valence-corrected chi connectivity index (χ2v) is 1.25. The van der Waals surface area contributed by atoms with Crippen molar-refractivity contribution in [2.75, 3.05) is 6.54 Å². The van der Waals surface area contributed by atoms with Crippen molar-refractivity contribution in [1.29, 1.82) is 0 Å². The third-order valence-electron chi connectivity index (χ3n) is 0.167. The Kier molecular flexibility index (Phi) is 34.6. The first-order chi connectivity index (χ1) is 5.06. The molecule has 0 atom stereocenters. The number of carboxylic acids is 1. The Morgan fingerprint density at radius 1 is 1.73 bits per heavy atom. The fourth-order valence-electron chi connectivity index (χ4n) is 0. The molecule has 0 fully saturated rings. The topological polar surface area (TPSA) is 97.5 Å². The number of nitrogens with two attached hydrogens (primary N) is 1. The molecule has 6 heteroatoms. The summed E-state index contributed by atoms with van der Waals surface area (Å²) in [6.07, 6.45) is 1.65. The van der Waals surface area contributed by atoms with Gasteiger partial charge in [0, 0.05) is 13.5 Å². The van der Waals surface area contributed by atoms with Crippen molar-refractivity contribution in [2.45, 2.75) is 6.92 Å². The highest BCUT2D eigenvalue weighted by molar-refractivity contribution is 7.51. The number of hydrogen-bond acceptors (Lipinski definition) is 4. The molecule has 0 aromatic rings. The predicted octanol–water partition coefficient (Wildman–Crippen LogP) is -0.448. The van der Waals surface area contributed by atoms with Crippen LogP contribution in [0, 0.1) is 0 Å². The van der Waals surface area contributed by atoms with Gasteiger partial charge in [-0.1, -0.05) is 6.08 Å². The standard InChI is InChI=1S/C3H7N.C2H4O2.O2S/c1-2-3-4;1-2(3)4;1-3-2/h2H,1,3-4H2;1H3,(H,3,4);. The van der Waals surface area contributed by atoms with Gasteiger partial charge in [-0.2, -0.15) is 8.42 Å². The van der Waals surface area contributed by atoms with Crippen LogP contribution < -0.4 is 5.73 Å². The van der Waals surface area contributed by atoms with E-state index in [0.29, 0.717) is 6.54 Å². The van der Waals surface area contributed by atoms with E-state index >= 15 is 0 Å². The summed E-state index contributed by atoms with van der Waals surface area (Å²) in [5.41, 5.74) is 4.91. The molecule has 0 aliphatic carbocycles. The Balaban J connectivity index is -0.0000000886. The van der Waals surface area contributed by atoms with E-state index in [1.807, 2.05) is 0 Å². The van der Waals surface area contributed by atoms with Gasteiger partial charge < -0.3 is 10.8 Å². The summed E-state index contributed by atoms with van der Waals surface area (Å²) in [6.45, 7) is 5.02. The molecule has 0 unspecified atom stereocenters. The van der Waals surface area contributed by atoms with Crippen LogP contribution in [0.3, 0.4) is 0 Å². The lowest BCUT2D eigenvalue weighted by atomic mass is 10.7. The van der Waals surface area contributed by atoms with E-state index in [9.17, 15) is 0 Å². The molecule has 0 aromatic heterocycles. The highest BCUT2D eigenvalue weighted by atomic mass is 32.1. The second-order valence-electron chi connectivity index (χ2n) is 1.11. The van der Waals surface area contributed by atoms with Gasteiger partial charge in [-0.25, -0.2) is 0 Å². The molecule has 0 saturated heterocycles. The van der Waals surface area contributed by atoms with E-state index in [-0.39, 0.29) is 0 Å². The fraction of sp³-hybridized carbons (Fsp3) is 0.400. The predicted molar refractivity (Wildman–Crippen MR) is 41.5 cm³/mol. The minimum atomic E-state index is -0.833. The summed E-state index contributed by atoms with van der Waals surface area (Å²) in [5, 5.41) is 7.42. The van der Waals surface area contributed by atoms with E-state index < -0.39 is 17.5 Å². The first kappa shape index (κ1) is 16.5. The number of carbonyl (C=O) groups is 1. The van der Waals surface area contributed by atoms with Crippen molar-refractivity contribution in [3.05, 3.63) is 12.7 Å². The maximum atomic E-state index is 9.00. The van der Waals surface area contributed by atoms with E-state index in [1.165, 1.54) is 0 Å². The van der Waals surface area contributed by atoms with Crippen LogP contribution in [0.25, 0.3) is 0 Å². The molecule has 0 aliphatic heterocycles. The number of rotatable bonds is 1. The van der Waals surface area contributed by atoms with Crippen molar-refractivity contribution in [1.82, 2.24) is 0 Å². The lowest BCUT2D eigenvalue weighted by molar-refractivity contribution is -0.134. The molecule has 0 radical (unpaired) electrons. The number of hydrogen-bond donors (Lipinski definition) is 2. The molecule has 0 aromatic carbocycles. The van der Waals surface area contributed by atoms with Gasteiger partial charge >= 0.3 is 11.6 Å². The van der Waals surface area contributed by atoms with Crippen LogP contribution >= 0.6 is 0 Å². The lowest BCUT2D eigenvalue weighted by Crippen LogP contribution is -1.90. The van der Waals surface area contributed by atoms with Gasteiger partial charge in [-0.3, -0.25) is 4.79 Å². The van der Waals surface area contributed by atoms with Gasteiger partial charge in [0.05, 0.1) is 0 Å². The molecule has 0 heterocycles. The minimum Gasteiger partial charge on any atom is -0.481 e. The third-order valence-corrected chi connectivity index (χ3v) is 0.167. The highest BCUT2D eigenvalue weighted by Gasteiger charge is 1.65. The van der Waals surface area contributed by atoms with E-state index in [2.05, 4.69) is 6.58 Å². The maximum Gasteiger partial charge on any atom is 0.335 e. The molecule has 0 aliphatic rings. The van der Waals surface area contributed by atoms with Gasteiger partial charge in [0.25, 0.3) is 5.97 Å². The summed E-state index contributed by atoms with van der Waals surface area (Å²) in [6, 6.07) is 0.